The summed E-state index contributed by atoms with van der Waals surface area (Å²) in [6.07, 6.45) is 3.59. The molecule has 0 aliphatic heterocycles. The highest BCUT2D eigenvalue weighted by Gasteiger charge is 2.16. The van der Waals surface area contributed by atoms with Crippen LogP contribution < -0.4 is 0 Å². The molecule has 0 radical (unpaired) electrons. The molecule has 0 aliphatic carbocycles. The van der Waals surface area contributed by atoms with Gasteiger partial charge in [-0.15, -0.1) is 0 Å². The van der Waals surface area contributed by atoms with Crippen LogP contribution in [0, 0.1) is 0 Å². The Morgan fingerprint density at radius 3 is 1.14 bits per heavy atom. The Labute approximate surface area is 218 Å². The number of hydrogen-bond donors (Lipinski definition) is 0. The van der Waals surface area contributed by atoms with Gasteiger partial charge in [0.15, 0.2) is 0 Å². The van der Waals surface area contributed by atoms with Crippen LogP contribution >= 0.6 is 0 Å². The summed E-state index contributed by atoms with van der Waals surface area (Å²) >= 11 is 0. The fourth-order valence-corrected chi connectivity index (χ4v) is 4.45. The first kappa shape index (κ1) is 27.4. The molecule has 3 aromatic rings. The van der Waals surface area contributed by atoms with Gasteiger partial charge < -0.3 is 0 Å². The minimum Gasteiger partial charge on any atom is -0.260 e. The normalized spacial score (nSPS) is 12.9. The smallest absolute Gasteiger partial charge is 0.103 e. The Kier molecular flexibility index (Phi) is 8.94. The van der Waals surface area contributed by atoms with Gasteiger partial charge in [0.2, 0.25) is 0 Å². The number of aliphatic imine (C=N–C) groups is 2. The van der Waals surface area contributed by atoms with Crippen LogP contribution in [0.1, 0.15) is 127 Å². The third kappa shape index (κ3) is 6.16. The van der Waals surface area contributed by atoms with E-state index in [0.29, 0.717) is 23.7 Å². The lowest BCUT2D eigenvalue weighted by Crippen LogP contribution is -2.07. The van der Waals surface area contributed by atoms with Crippen molar-refractivity contribution in [2.45, 2.75) is 92.9 Å². The number of para-hydroxylation sites is 2. The molecule has 0 bridgehead atoms. The Bertz CT molecular complexity index is 1120. The largest absolute Gasteiger partial charge is 0.260 e. The van der Waals surface area contributed by atoms with Crippen LogP contribution in [-0.4, -0.2) is 21.4 Å². The molecule has 0 saturated heterocycles. The number of aromatic nitrogens is 2. The second-order valence-corrected chi connectivity index (χ2v) is 10.9. The van der Waals surface area contributed by atoms with Crippen molar-refractivity contribution in [2.24, 2.45) is 9.98 Å². The van der Waals surface area contributed by atoms with Gasteiger partial charge in [-0.2, -0.15) is 0 Å². The molecule has 0 fully saturated rings. The summed E-state index contributed by atoms with van der Waals surface area (Å²) in [5.74, 6) is 1.55. The van der Waals surface area contributed by atoms with Gasteiger partial charge in [-0.3, -0.25) is 15.0 Å². The van der Waals surface area contributed by atoms with Crippen LogP contribution in [0.5, 0.6) is 0 Å². The maximum Gasteiger partial charge on any atom is 0.103 e. The summed E-state index contributed by atoms with van der Waals surface area (Å²) < 4.78 is 0. The maximum atomic E-state index is 5.11. The minimum absolute atomic E-state index is 0.387. The summed E-state index contributed by atoms with van der Waals surface area (Å²) in [5, 5.41) is 0. The van der Waals surface area contributed by atoms with Crippen molar-refractivity contribution < 1.29 is 0 Å². The molecule has 4 heteroatoms. The molecule has 0 atom stereocenters. The SMILES string of the molecule is CC(=Nc1c(C(C)C)cccc1C(C)C)c1cncc(C(C)=Nc2c(C(C)C)cccc2C(C)C)n1. The van der Waals surface area contributed by atoms with Crippen molar-refractivity contribution >= 4 is 22.8 Å². The van der Waals surface area contributed by atoms with Crippen LogP contribution in [-0.2, 0) is 0 Å². The molecule has 1 aromatic heterocycles. The van der Waals surface area contributed by atoms with Gasteiger partial charge in [0.1, 0.15) is 11.4 Å². The van der Waals surface area contributed by atoms with Crippen molar-refractivity contribution in [1.29, 1.82) is 0 Å². The van der Waals surface area contributed by atoms with Crippen LogP contribution in [0.15, 0.2) is 58.8 Å². The molecule has 36 heavy (non-hydrogen) atoms. The zero-order valence-electron chi connectivity index (χ0n) is 23.7. The zero-order chi connectivity index (χ0) is 26.6. The molecule has 0 spiro atoms. The number of hydrogen-bond acceptors (Lipinski definition) is 4. The van der Waals surface area contributed by atoms with Crippen LogP contribution in [0.25, 0.3) is 0 Å². The molecule has 0 amide bonds. The van der Waals surface area contributed by atoms with Crippen molar-refractivity contribution in [1.82, 2.24) is 9.97 Å². The van der Waals surface area contributed by atoms with Gasteiger partial charge in [0, 0.05) is 0 Å². The fraction of sp³-hybridized carbons (Fsp3) is 0.438. The van der Waals surface area contributed by atoms with E-state index < -0.39 is 0 Å². The number of rotatable bonds is 8. The number of benzene rings is 2. The lowest BCUT2D eigenvalue weighted by molar-refractivity contribution is 0.834. The highest BCUT2D eigenvalue weighted by Crippen LogP contribution is 2.36. The molecule has 1 heterocycles. The summed E-state index contributed by atoms with van der Waals surface area (Å²) in [6.45, 7) is 21.8. The van der Waals surface area contributed by atoms with E-state index in [2.05, 4.69) is 96.8 Å². The minimum atomic E-state index is 0.387. The predicted molar refractivity (Wildman–Crippen MR) is 155 cm³/mol. The Morgan fingerprint density at radius 1 is 0.556 bits per heavy atom. The highest BCUT2D eigenvalue weighted by atomic mass is 14.9. The third-order valence-corrected chi connectivity index (χ3v) is 6.62. The molecular weight excluding hydrogens is 440 g/mol. The molecule has 4 nitrogen and oxygen atoms in total. The van der Waals surface area contributed by atoms with Crippen LogP contribution in [0.3, 0.4) is 0 Å². The average molecular weight is 483 g/mol. The van der Waals surface area contributed by atoms with Crippen LogP contribution in [0.4, 0.5) is 11.4 Å². The summed E-state index contributed by atoms with van der Waals surface area (Å²) in [7, 11) is 0. The second-order valence-electron chi connectivity index (χ2n) is 10.9. The predicted octanol–water partition coefficient (Wildman–Crippen LogP) is 9.25. The topological polar surface area (TPSA) is 50.5 Å². The van der Waals surface area contributed by atoms with Gasteiger partial charge in [-0.05, 0) is 59.8 Å². The van der Waals surface area contributed by atoms with Crippen LogP contribution in [0.2, 0.25) is 0 Å². The lowest BCUT2D eigenvalue weighted by Gasteiger charge is -2.17. The number of nitrogens with zero attached hydrogens (tertiary/aromatic N) is 4. The molecule has 2 aromatic carbocycles. The summed E-state index contributed by atoms with van der Waals surface area (Å²) in [4.78, 5) is 19.7. The van der Waals surface area contributed by atoms with Gasteiger partial charge in [-0.25, -0.2) is 4.98 Å². The average Bonchev–Trinajstić information content (AvgIpc) is 2.83. The van der Waals surface area contributed by atoms with E-state index in [1.165, 1.54) is 22.3 Å². The van der Waals surface area contributed by atoms with E-state index in [1.807, 2.05) is 13.8 Å². The third-order valence-electron chi connectivity index (χ3n) is 6.62. The molecule has 0 saturated carbocycles. The summed E-state index contributed by atoms with van der Waals surface area (Å²) in [5.41, 5.74) is 10.4. The van der Waals surface area contributed by atoms with E-state index in [9.17, 15) is 0 Å². The first-order valence-electron chi connectivity index (χ1n) is 13.2. The quantitative estimate of drug-likeness (QED) is 0.300. The molecule has 0 unspecified atom stereocenters. The van der Waals surface area contributed by atoms with Crippen molar-refractivity contribution in [3.8, 4) is 0 Å². The molecular formula is C32H42N4. The van der Waals surface area contributed by atoms with Gasteiger partial charge >= 0.3 is 0 Å². The second kappa shape index (κ2) is 11.7. The van der Waals surface area contributed by atoms with Gasteiger partial charge in [0.05, 0.1) is 35.2 Å². The Morgan fingerprint density at radius 2 is 0.861 bits per heavy atom. The Balaban J connectivity index is 2.08. The van der Waals surface area contributed by atoms with E-state index in [4.69, 9.17) is 15.0 Å². The molecule has 0 N–H and O–H groups in total. The molecule has 0 aliphatic rings. The highest BCUT2D eigenvalue weighted by molar-refractivity contribution is 6.02. The monoisotopic (exact) mass is 482 g/mol. The first-order valence-corrected chi connectivity index (χ1v) is 13.2. The van der Waals surface area contributed by atoms with Gasteiger partial charge in [-0.1, -0.05) is 91.8 Å². The van der Waals surface area contributed by atoms with E-state index in [1.54, 1.807) is 12.4 Å². The van der Waals surface area contributed by atoms with Crippen molar-refractivity contribution in [2.75, 3.05) is 0 Å². The Hall–Kier alpha value is -3.14. The summed E-state index contributed by atoms with van der Waals surface area (Å²) in [6, 6.07) is 13.0. The molecule has 190 valence electrons. The van der Waals surface area contributed by atoms with Crippen molar-refractivity contribution in [3.63, 3.8) is 0 Å². The standard InChI is InChI=1S/C32H42N4/c1-19(2)25-13-11-14-26(20(3)4)31(25)34-23(9)29-17-33-18-30(36-29)24(10)35-32-27(21(5)6)15-12-16-28(32)22(7)8/h11-22H,1-10H3. The lowest BCUT2D eigenvalue weighted by atomic mass is 9.93. The van der Waals surface area contributed by atoms with Gasteiger partial charge in [0.25, 0.3) is 0 Å². The maximum absolute atomic E-state index is 5.11. The van der Waals surface area contributed by atoms with E-state index in [0.717, 1.165) is 34.2 Å². The fourth-order valence-electron chi connectivity index (χ4n) is 4.45. The first-order chi connectivity index (χ1) is 17.0. The zero-order valence-corrected chi connectivity index (χ0v) is 23.7. The van der Waals surface area contributed by atoms with Crippen molar-refractivity contribution in [3.05, 3.63) is 82.4 Å². The van der Waals surface area contributed by atoms with E-state index >= 15 is 0 Å². The van der Waals surface area contributed by atoms with E-state index in [-0.39, 0.29) is 0 Å². The molecule has 3 rings (SSSR count).